The van der Waals surface area contributed by atoms with Gasteiger partial charge in [-0.25, -0.2) is 0 Å². The Kier molecular flexibility index (Phi) is 5.95. The summed E-state index contributed by atoms with van der Waals surface area (Å²) in [7, 11) is 2.01. The van der Waals surface area contributed by atoms with Crippen LogP contribution in [0.25, 0.3) is 0 Å². The maximum Gasteiger partial charge on any atom is 0.252 e. The van der Waals surface area contributed by atoms with Gasteiger partial charge in [0.2, 0.25) is 5.91 Å². The van der Waals surface area contributed by atoms with E-state index in [1.165, 1.54) is 0 Å². The van der Waals surface area contributed by atoms with E-state index < -0.39 is 0 Å². The Balaban J connectivity index is 1.41. The second-order valence-electron chi connectivity index (χ2n) is 9.66. The number of fused-ring (bicyclic) bond motifs is 1. The topological polar surface area (TPSA) is 85.5 Å². The number of amides is 2. The number of likely N-dealkylation sites (tertiary alicyclic amines) is 1. The summed E-state index contributed by atoms with van der Waals surface area (Å²) in [5.74, 6) is 1.92. The molecule has 3 saturated heterocycles. The molecule has 0 bridgehead atoms. The Morgan fingerprint density at radius 3 is 2.57 bits per heavy atom. The van der Waals surface area contributed by atoms with Crippen molar-refractivity contribution in [3.8, 4) is 0 Å². The predicted molar refractivity (Wildman–Crippen MR) is 108 cm³/mol. The van der Waals surface area contributed by atoms with Gasteiger partial charge in [0.05, 0.1) is 0 Å². The van der Waals surface area contributed by atoms with Crippen molar-refractivity contribution >= 4 is 11.8 Å². The van der Waals surface area contributed by atoms with Crippen LogP contribution < -0.4 is 21.3 Å². The van der Waals surface area contributed by atoms with Gasteiger partial charge in [0.1, 0.15) is 6.17 Å². The molecule has 0 aromatic carbocycles. The van der Waals surface area contributed by atoms with Gasteiger partial charge in [-0.3, -0.25) is 20.2 Å². The molecule has 0 spiro atoms. The smallest absolute Gasteiger partial charge is 0.252 e. The zero-order chi connectivity index (χ0) is 19.8. The molecule has 4 aliphatic rings. The molecule has 2 amide bonds. The SMILES string of the molecule is CC1CC2C(CN1)CC(C1CC(NC(=O)C3NCCN3)CCC1C)C(=O)N2C. The normalized spacial score (nSPS) is 42.3. The molecule has 0 aromatic heterocycles. The Bertz CT molecular complexity index is 593. The van der Waals surface area contributed by atoms with Crippen molar-refractivity contribution in [1.29, 1.82) is 0 Å². The molecule has 3 aliphatic heterocycles. The number of piperidine rings is 2. The summed E-state index contributed by atoms with van der Waals surface area (Å²) in [4.78, 5) is 27.8. The number of hydrogen-bond acceptors (Lipinski definition) is 5. The average Bonchev–Trinajstić information content (AvgIpc) is 3.22. The Morgan fingerprint density at radius 1 is 1.07 bits per heavy atom. The van der Waals surface area contributed by atoms with Crippen molar-refractivity contribution < 1.29 is 9.59 Å². The van der Waals surface area contributed by atoms with Crippen LogP contribution in [0.3, 0.4) is 0 Å². The molecule has 0 radical (unpaired) electrons. The number of hydrogen-bond donors (Lipinski definition) is 4. The molecule has 4 N–H and O–H groups in total. The van der Waals surface area contributed by atoms with E-state index in [1.54, 1.807) is 0 Å². The number of nitrogens with one attached hydrogen (secondary N) is 4. The summed E-state index contributed by atoms with van der Waals surface area (Å²) < 4.78 is 0. The second-order valence-corrected chi connectivity index (χ2v) is 9.66. The van der Waals surface area contributed by atoms with E-state index in [9.17, 15) is 9.59 Å². The lowest BCUT2D eigenvalue weighted by Crippen LogP contribution is -2.60. The lowest BCUT2D eigenvalue weighted by Gasteiger charge is -2.50. The Hall–Kier alpha value is -1.18. The van der Waals surface area contributed by atoms with Crippen molar-refractivity contribution in [2.24, 2.45) is 23.7 Å². The van der Waals surface area contributed by atoms with E-state index in [2.05, 4.69) is 40.0 Å². The molecular weight excluding hydrogens is 354 g/mol. The molecule has 7 atom stereocenters. The molecule has 7 nitrogen and oxygen atoms in total. The second kappa shape index (κ2) is 8.28. The zero-order valence-corrected chi connectivity index (χ0v) is 17.5. The molecule has 158 valence electrons. The molecule has 3 heterocycles. The summed E-state index contributed by atoms with van der Waals surface area (Å²) in [5, 5.41) is 13.2. The fourth-order valence-corrected chi connectivity index (χ4v) is 6.08. The van der Waals surface area contributed by atoms with Gasteiger partial charge in [-0.2, -0.15) is 0 Å². The summed E-state index contributed by atoms with van der Waals surface area (Å²) in [5.41, 5.74) is 0. The number of carbonyl (C=O) groups excluding carboxylic acids is 2. The standard InChI is InChI=1S/C21H37N5O2/c1-12-4-5-15(25-20(27)19-22-6-7-23-19)10-16(12)17-9-14-11-24-13(2)8-18(14)26(3)21(17)28/h12-19,22-24H,4-11H2,1-3H3,(H,25,27). The molecule has 0 aromatic rings. The summed E-state index contributed by atoms with van der Waals surface area (Å²) in [6.07, 6.45) is 4.80. The average molecular weight is 392 g/mol. The maximum atomic E-state index is 13.3. The highest BCUT2D eigenvalue weighted by atomic mass is 16.2. The highest BCUT2D eigenvalue weighted by Gasteiger charge is 2.47. The van der Waals surface area contributed by atoms with Crippen molar-refractivity contribution in [3.05, 3.63) is 0 Å². The molecule has 4 rings (SSSR count). The van der Waals surface area contributed by atoms with E-state index in [-0.39, 0.29) is 24.0 Å². The van der Waals surface area contributed by atoms with Gasteiger partial charge in [-0.15, -0.1) is 0 Å². The van der Waals surface area contributed by atoms with Gasteiger partial charge in [0.25, 0.3) is 5.91 Å². The molecule has 28 heavy (non-hydrogen) atoms. The quantitative estimate of drug-likeness (QED) is 0.555. The summed E-state index contributed by atoms with van der Waals surface area (Å²) in [6, 6.07) is 1.05. The Morgan fingerprint density at radius 2 is 1.82 bits per heavy atom. The van der Waals surface area contributed by atoms with Gasteiger partial charge in [-0.05, 0) is 56.8 Å². The van der Waals surface area contributed by atoms with E-state index in [4.69, 9.17) is 0 Å². The van der Waals surface area contributed by atoms with E-state index in [0.717, 1.165) is 51.7 Å². The number of nitrogens with zero attached hydrogens (tertiary/aromatic N) is 1. The lowest BCUT2D eigenvalue weighted by molar-refractivity contribution is -0.148. The highest BCUT2D eigenvalue weighted by molar-refractivity contribution is 5.82. The summed E-state index contributed by atoms with van der Waals surface area (Å²) >= 11 is 0. The number of rotatable bonds is 3. The van der Waals surface area contributed by atoms with Crippen LogP contribution in [-0.2, 0) is 9.59 Å². The van der Waals surface area contributed by atoms with Crippen LogP contribution in [0.1, 0.15) is 46.0 Å². The molecule has 1 aliphatic carbocycles. The zero-order valence-electron chi connectivity index (χ0n) is 17.5. The van der Waals surface area contributed by atoms with Gasteiger partial charge >= 0.3 is 0 Å². The van der Waals surface area contributed by atoms with Crippen molar-refractivity contribution in [1.82, 2.24) is 26.2 Å². The predicted octanol–water partition coefficient (Wildman–Crippen LogP) is 0.271. The van der Waals surface area contributed by atoms with E-state index in [1.807, 2.05) is 7.05 Å². The van der Waals surface area contributed by atoms with Crippen LogP contribution in [-0.4, -0.2) is 67.7 Å². The van der Waals surface area contributed by atoms with E-state index >= 15 is 0 Å². The minimum Gasteiger partial charge on any atom is -0.351 e. The molecule has 1 saturated carbocycles. The van der Waals surface area contributed by atoms with Crippen LogP contribution in [0.2, 0.25) is 0 Å². The summed E-state index contributed by atoms with van der Waals surface area (Å²) in [6.45, 7) is 7.19. The van der Waals surface area contributed by atoms with Gasteiger partial charge in [0.15, 0.2) is 0 Å². The molecular formula is C21H37N5O2. The Labute approximate surface area is 168 Å². The largest absolute Gasteiger partial charge is 0.351 e. The van der Waals surface area contributed by atoms with Crippen LogP contribution >= 0.6 is 0 Å². The van der Waals surface area contributed by atoms with Gasteiger partial charge < -0.3 is 15.5 Å². The fraction of sp³-hybridized carbons (Fsp3) is 0.905. The first-order valence-corrected chi connectivity index (χ1v) is 11.2. The lowest BCUT2D eigenvalue weighted by atomic mass is 9.65. The van der Waals surface area contributed by atoms with Crippen LogP contribution in [0.5, 0.6) is 0 Å². The monoisotopic (exact) mass is 391 g/mol. The first-order valence-electron chi connectivity index (χ1n) is 11.2. The first-order chi connectivity index (χ1) is 13.4. The third-order valence-electron chi connectivity index (χ3n) is 7.79. The maximum absolute atomic E-state index is 13.3. The third kappa shape index (κ3) is 3.94. The van der Waals surface area contributed by atoms with E-state index in [0.29, 0.717) is 35.7 Å². The minimum absolute atomic E-state index is 0.0495. The van der Waals surface area contributed by atoms with Crippen LogP contribution in [0, 0.1) is 23.7 Å². The first kappa shape index (κ1) is 20.1. The van der Waals surface area contributed by atoms with Crippen molar-refractivity contribution in [2.75, 3.05) is 26.7 Å². The van der Waals surface area contributed by atoms with Crippen LogP contribution in [0.15, 0.2) is 0 Å². The van der Waals surface area contributed by atoms with Gasteiger partial charge in [0, 0.05) is 50.7 Å². The molecule has 7 heteroatoms. The fourth-order valence-electron chi connectivity index (χ4n) is 6.08. The minimum atomic E-state index is -0.267. The van der Waals surface area contributed by atoms with Crippen molar-refractivity contribution in [2.45, 2.75) is 70.2 Å². The van der Waals surface area contributed by atoms with Gasteiger partial charge in [-0.1, -0.05) is 6.92 Å². The highest BCUT2D eigenvalue weighted by Crippen LogP contribution is 2.43. The third-order valence-corrected chi connectivity index (χ3v) is 7.79. The number of carbonyl (C=O) groups is 2. The van der Waals surface area contributed by atoms with Crippen LogP contribution in [0.4, 0.5) is 0 Å². The molecule has 4 fully saturated rings. The molecule has 7 unspecified atom stereocenters. The van der Waals surface area contributed by atoms with Crippen molar-refractivity contribution in [3.63, 3.8) is 0 Å².